The van der Waals surface area contributed by atoms with Gasteiger partial charge in [-0.05, 0) is 37.6 Å². The predicted molar refractivity (Wildman–Crippen MR) is 72.8 cm³/mol. The monoisotopic (exact) mass is 244 g/mol. The molecule has 0 saturated carbocycles. The Balaban J connectivity index is 2.26. The van der Waals surface area contributed by atoms with Gasteiger partial charge >= 0.3 is 0 Å². The number of aromatic nitrogens is 3. The quantitative estimate of drug-likeness (QED) is 0.898. The highest BCUT2D eigenvalue weighted by Gasteiger charge is 2.04. The number of rotatable bonds is 4. The number of nitrogens with zero attached hydrogens (tertiary/aromatic N) is 3. The summed E-state index contributed by atoms with van der Waals surface area (Å²) in [5, 5.41) is 7.81. The van der Waals surface area contributed by atoms with Crippen LogP contribution < -0.4 is 5.32 Å². The molecule has 0 aromatic carbocycles. The van der Waals surface area contributed by atoms with E-state index in [-0.39, 0.29) is 0 Å². The fourth-order valence-electron chi connectivity index (χ4n) is 1.81. The largest absolute Gasteiger partial charge is 0.310 e. The van der Waals surface area contributed by atoms with Crippen molar-refractivity contribution in [1.82, 2.24) is 20.1 Å². The lowest BCUT2D eigenvalue weighted by molar-refractivity contribution is 0.588. The lowest BCUT2D eigenvalue weighted by atomic mass is 10.2. The van der Waals surface area contributed by atoms with Gasteiger partial charge in [-0.3, -0.25) is 0 Å². The Morgan fingerprint density at radius 1 is 1.22 bits per heavy atom. The van der Waals surface area contributed by atoms with E-state index in [0.717, 1.165) is 23.8 Å². The maximum Gasteiger partial charge on any atom is 0.153 e. The summed E-state index contributed by atoms with van der Waals surface area (Å²) in [6.07, 6.45) is 1.94. The van der Waals surface area contributed by atoms with Gasteiger partial charge in [-0.1, -0.05) is 13.8 Å². The summed E-state index contributed by atoms with van der Waals surface area (Å²) in [6, 6.07) is 6.65. The van der Waals surface area contributed by atoms with Crippen molar-refractivity contribution in [3.8, 4) is 5.82 Å². The van der Waals surface area contributed by atoms with Gasteiger partial charge in [-0.25, -0.2) is 9.67 Å². The van der Waals surface area contributed by atoms with Crippen LogP contribution in [0, 0.1) is 13.8 Å². The highest BCUT2D eigenvalue weighted by molar-refractivity contribution is 5.30. The van der Waals surface area contributed by atoms with E-state index in [9.17, 15) is 0 Å². The number of hydrogen-bond acceptors (Lipinski definition) is 3. The molecule has 0 unspecified atom stereocenters. The molecular formula is C14H20N4. The molecule has 2 aromatic rings. The number of nitrogens with one attached hydrogen (secondary N) is 1. The maximum absolute atomic E-state index is 4.52. The SMILES string of the molecule is Cc1cc(CNC(C)C)cc(-n2ccc(C)n2)n1. The smallest absolute Gasteiger partial charge is 0.153 e. The molecule has 1 N–H and O–H groups in total. The molecule has 2 heterocycles. The molecule has 0 bridgehead atoms. The second-order valence-corrected chi connectivity index (χ2v) is 4.91. The molecule has 2 aromatic heterocycles. The summed E-state index contributed by atoms with van der Waals surface area (Å²) < 4.78 is 1.82. The van der Waals surface area contributed by atoms with Gasteiger partial charge in [-0.15, -0.1) is 0 Å². The van der Waals surface area contributed by atoms with Crippen LogP contribution in [-0.4, -0.2) is 20.8 Å². The van der Waals surface area contributed by atoms with Gasteiger partial charge in [0.05, 0.1) is 5.69 Å². The lowest BCUT2D eigenvalue weighted by Crippen LogP contribution is -2.22. The zero-order chi connectivity index (χ0) is 13.1. The molecule has 0 spiro atoms. The molecule has 4 nitrogen and oxygen atoms in total. The topological polar surface area (TPSA) is 42.7 Å². The van der Waals surface area contributed by atoms with Crippen molar-refractivity contribution in [3.63, 3.8) is 0 Å². The number of pyridine rings is 1. The van der Waals surface area contributed by atoms with Gasteiger partial charge in [0.15, 0.2) is 5.82 Å². The van der Waals surface area contributed by atoms with Crippen molar-refractivity contribution >= 4 is 0 Å². The minimum Gasteiger partial charge on any atom is -0.310 e. The van der Waals surface area contributed by atoms with Gasteiger partial charge in [-0.2, -0.15) is 5.10 Å². The third-order valence-electron chi connectivity index (χ3n) is 2.67. The summed E-state index contributed by atoms with van der Waals surface area (Å²) >= 11 is 0. The molecule has 4 heteroatoms. The predicted octanol–water partition coefficient (Wildman–Crippen LogP) is 2.38. The van der Waals surface area contributed by atoms with E-state index < -0.39 is 0 Å². The van der Waals surface area contributed by atoms with E-state index in [1.54, 1.807) is 0 Å². The molecule has 0 radical (unpaired) electrons. The van der Waals surface area contributed by atoms with Gasteiger partial charge in [0, 0.05) is 24.5 Å². The van der Waals surface area contributed by atoms with Crippen molar-refractivity contribution in [3.05, 3.63) is 41.3 Å². The molecule has 0 amide bonds. The average Bonchev–Trinajstić information content (AvgIpc) is 2.72. The Labute approximate surface area is 108 Å². The second-order valence-electron chi connectivity index (χ2n) is 4.91. The normalized spacial score (nSPS) is 11.2. The van der Waals surface area contributed by atoms with Crippen molar-refractivity contribution in [2.75, 3.05) is 0 Å². The highest BCUT2D eigenvalue weighted by atomic mass is 15.3. The fraction of sp³-hybridized carbons (Fsp3) is 0.429. The van der Waals surface area contributed by atoms with Crippen LogP contribution in [0.1, 0.15) is 30.8 Å². The first-order valence-corrected chi connectivity index (χ1v) is 6.28. The molecule has 0 fully saturated rings. The molecule has 18 heavy (non-hydrogen) atoms. The summed E-state index contributed by atoms with van der Waals surface area (Å²) in [6.45, 7) is 9.14. The Hall–Kier alpha value is -1.68. The first-order valence-electron chi connectivity index (χ1n) is 6.28. The highest BCUT2D eigenvalue weighted by Crippen LogP contribution is 2.10. The standard InChI is InChI=1S/C14H20N4/c1-10(2)15-9-13-7-12(4)16-14(8-13)18-6-5-11(3)17-18/h5-8,10,15H,9H2,1-4H3. The Morgan fingerprint density at radius 2 is 2.00 bits per heavy atom. The zero-order valence-corrected chi connectivity index (χ0v) is 11.4. The first-order chi connectivity index (χ1) is 8.54. The van der Waals surface area contributed by atoms with Crippen molar-refractivity contribution in [2.24, 2.45) is 0 Å². The second kappa shape index (κ2) is 5.31. The molecule has 0 aliphatic rings. The van der Waals surface area contributed by atoms with Crippen LogP contribution in [0.3, 0.4) is 0 Å². The summed E-state index contributed by atoms with van der Waals surface area (Å²) in [5.74, 6) is 0.878. The molecular weight excluding hydrogens is 224 g/mol. The first kappa shape index (κ1) is 12.8. The molecule has 0 aliphatic heterocycles. The van der Waals surface area contributed by atoms with Gasteiger partial charge in [0.2, 0.25) is 0 Å². The van der Waals surface area contributed by atoms with Crippen LogP contribution in [0.5, 0.6) is 0 Å². The van der Waals surface area contributed by atoms with E-state index in [0.29, 0.717) is 6.04 Å². The molecule has 96 valence electrons. The number of aryl methyl sites for hydroxylation is 2. The van der Waals surface area contributed by atoms with Gasteiger partial charge < -0.3 is 5.32 Å². The van der Waals surface area contributed by atoms with E-state index in [1.165, 1.54) is 5.56 Å². The van der Waals surface area contributed by atoms with Crippen LogP contribution in [0.15, 0.2) is 24.4 Å². The third-order valence-corrected chi connectivity index (χ3v) is 2.67. The van der Waals surface area contributed by atoms with Crippen LogP contribution >= 0.6 is 0 Å². The van der Waals surface area contributed by atoms with E-state index >= 15 is 0 Å². The Bertz CT molecular complexity index is 528. The van der Waals surface area contributed by atoms with Crippen LogP contribution in [0.25, 0.3) is 5.82 Å². The van der Waals surface area contributed by atoms with Gasteiger partial charge in [0.25, 0.3) is 0 Å². The van der Waals surface area contributed by atoms with Crippen molar-refractivity contribution < 1.29 is 0 Å². The van der Waals surface area contributed by atoms with E-state index in [2.05, 4.69) is 41.4 Å². The molecule has 0 atom stereocenters. The summed E-state index contributed by atoms with van der Waals surface area (Å²) in [7, 11) is 0. The molecule has 0 aliphatic carbocycles. The van der Waals surface area contributed by atoms with E-state index in [4.69, 9.17) is 0 Å². The Kier molecular flexibility index (Phi) is 3.77. The minimum atomic E-state index is 0.480. The average molecular weight is 244 g/mol. The maximum atomic E-state index is 4.52. The fourth-order valence-corrected chi connectivity index (χ4v) is 1.81. The molecule has 2 rings (SSSR count). The number of hydrogen-bond donors (Lipinski definition) is 1. The minimum absolute atomic E-state index is 0.480. The van der Waals surface area contributed by atoms with Crippen LogP contribution in [0.4, 0.5) is 0 Å². The summed E-state index contributed by atoms with van der Waals surface area (Å²) in [5.41, 5.74) is 3.25. The Morgan fingerprint density at radius 3 is 2.61 bits per heavy atom. The zero-order valence-electron chi connectivity index (χ0n) is 11.4. The van der Waals surface area contributed by atoms with Crippen LogP contribution in [-0.2, 0) is 6.54 Å². The van der Waals surface area contributed by atoms with E-state index in [1.807, 2.05) is 30.8 Å². The van der Waals surface area contributed by atoms with Crippen molar-refractivity contribution in [1.29, 1.82) is 0 Å². The van der Waals surface area contributed by atoms with Crippen LogP contribution in [0.2, 0.25) is 0 Å². The van der Waals surface area contributed by atoms with Gasteiger partial charge in [0.1, 0.15) is 0 Å². The third kappa shape index (κ3) is 3.17. The van der Waals surface area contributed by atoms with Crippen molar-refractivity contribution in [2.45, 2.75) is 40.3 Å². The summed E-state index contributed by atoms with van der Waals surface area (Å²) in [4.78, 5) is 4.52. The lowest BCUT2D eigenvalue weighted by Gasteiger charge is -2.10. The molecule has 0 saturated heterocycles.